The predicted octanol–water partition coefficient (Wildman–Crippen LogP) is 3.01. The van der Waals surface area contributed by atoms with E-state index in [1.165, 1.54) is 25.7 Å². The van der Waals surface area contributed by atoms with Gasteiger partial charge in [0.2, 0.25) is 0 Å². The Balaban J connectivity index is 2.00. The topological polar surface area (TPSA) is 61.5 Å². The van der Waals surface area contributed by atoms with Crippen LogP contribution in [0.1, 0.15) is 43.0 Å². The number of hydrogen-bond donors (Lipinski definition) is 1. The second-order valence-electron chi connectivity index (χ2n) is 4.93. The van der Waals surface area contributed by atoms with Gasteiger partial charge in [0.25, 0.3) is 0 Å². The average Bonchev–Trinajstić information content (AvgIpc) is 2.91. The highest BCUT2D eigenvalue weighted by Crippen LogP contribution is 2.26. The van der Waals surface area contributed by atoms with E-state index in [-0.39, 0.29) is 0 Å². The number of carbonyl (C=O) groups is 1. The molecular weight excluding hydrogens is 242 g/mol. The van der Waals surface area contributed by atoms with Gasteiger partial charge in [0.15, 0.2) is 0 Å². The Morgan fingerprint density at radius 3 is 2.79 bits per heavy atom. The zero-order chi connectivity index (χ0) is 13.7. The summed E-state index contributed by atoms with van der Waals surface area (Å²) in [6, 6.07) is 5.16. The van der Waals surface area contributed by atoms with Gasteiger partial charge in [-0.05, 0) is 43.9 Å². The standard InChI is InChI=1S/C15H21NO3/c1-2-18-15(17)13-9-12(7-8-14(13)16)19-10-11-5-3-4-6-11/h7-9,11H,2-6,10,16H2,1H3. The van der Waals surface area contributed by atoms with Crippen molar-refractivity contribution in [2.75, 3.05) is 18.9 Å². The summed E-state index contributed by atoms with van der Waals surface area (Å²) >= 11 is 0. The Labute approximate surface area is 113 Å². The fraction of sp³-hybridized carbons (Fsp3) is 0.533. The van der Waals surface area contributed by atoms with Crippen molar-refractivity contribution in [2.24, 2.45) is 5.92 Å². The van der Waals surface area contributed by atoms with E-state index in [4.69, 9.17) is 15.2 Å². The second kappa shape index (κ2) is 6.45. The number of hydrogen-bond acceptors (Lipinski definition) is 4. The average molecular weight is 263 g/mol. The highest BCUT2D eigenvalue weighted by molar-refractivity contribution is 5.95. The van der Waals surface area contributed by atoms with Crippen LogP contribution < -0.4 is 10.5 Å². The van der Waals surface area contributed by atoms with Crippen molar-refractivity contribution in [1.82, 2.24) is 0 Å². The van der Waals surface area contributed by atoms with Gasteiger partial charge in [-0.2, -0.15) is 0 Å². The Hall–Kier alpha value is -1.71. The minimum atomic E-state index is -0.397. The molecule has 1 saturated carbocycles. The van der Waals surface area contributed by atoms with Gasteiger partial charge in [-0.3, -0.25) is 0 Å². The van der Waals surface area contributed by atoms with Gasteiger partial charge in [0, 0.05) is 5.69 Å². The highest BCUT2D eigenvalue weighted by atomic mass is 16.5. The molecule has 104 valence electrons. The fourth-order valence-corrected chi connectivity index (χ4v) is 2.40. The van der Waals surface area contributed by atoms with Crippen LogP contribution in [0.4, 0.5) is 5.69 Å². The first-order valence-corrected chi connectivity index (χ1v) is 6.90. The molecule has 4 heteroatoms. The van der Waals surface area contributed by atoms with E-state index in [0.717, 1.165) is 0 Å². The minimum absolute atomic E-state index is 0.339. The molecule has 1 aromatic carbocycles. The first-order chi connectivity index (χ1) is 9.20. The van der Waals surface area contributed by atoms with E-state index < -0.39 is 5.97 Å². The number of nitrogen functional groups attached to an aromatic ring is 1. The first kappa shape index (κ1) is 13.7. The van der Waals surface area contributed by atoms with E-state index in [1.807, 2.05) is 0 Å². The quantitative estimate of drug-likeness (QED) is 0.655. The zero-order valence-electron chi connectivity index (χ0n) is 11.4. The predicted molar refractivity (Wildman–Crippen MR) is 74.3 cm³/mol. The molecule has 1 aromatic rings. The van der Waals surface area contributed by atoms with Gasteiger partial charge in [0.05, 0.1) is 18.8 Å². The molecule has 0 amide bonds. The maximum atomic E-state index is 11.7. The third-order valence-electron chi connectivity index (χ3n) is 3.48. The van der Waals surface area contributed by atoms with Crippen molar-refractivity contribution in [2.45, 2.75) is 32.6 Å². The molecule has 19 heavy (non-hydrogen) atoms. The van der Waals surface area contributed by atoms with Crippen molar-refractivity contribution in [1.29, 1.82) is 0 Å². The first-order valence-electron chi connectivity index (χ1n) is 6.90. The summed E-state index contributed by atoms with van der Waals surface area (Å²) in [5.41, 5.74) is 6.59. The van der Waals surface area contributed by atoms with Crippen LogP contribution >= 0.6 is 0 Å². The molecule has 4 nitrogen and oxygen atoms in total. The van der Waals surface area contributed by atoms with Gasteiger partial charge in [-0.25, -0.2) is 4.79 Å². The molecule has 1 aliphatic carbocycles. The number of benzene rings is 1. The van der Waals surface area contributed by atoms with Gasteiger partial charge >= 0.3 is 5.97 Å². The number of anilines is 1. The van der Waals surface area contributed by atoms with E-state index >= 15 is 0 Å². The molecule has 0 spiro atoms. The highest BCUT2D eigenvalue weighted by Gasteiger charge is 2.16. The minimum Gasteiger partial charge on any atom is -0.493 e. The van der Waals surface area contributed by atoms with E-state index in [2.05, 4.69) is 0 Å². The van der Waals surface area contributed by atoms with Gasteiger partial charge in [-0.15, -0.1) is 0 Å². The lowest BCUT2D eigenvalue weighted by molar-refractivity contribution is 0.0527. The van der Waals surface area contributed by atoms with Crippen molar-refractivity contribution in [3.05, 3.63) is 23.8 Å². The number of carbonyl (C=O) groups excluding carboxylic acids is 1. The molecule has 0 aliphatic heterocycles. The van der Waals surface area contributed by atoms with E-state index in [1.54, 1.807) is 25.1 Å². The molecule has 1 aliphatic rings. The van der Waals surface area contributed by atoms with Crippen LogP contribution in [0, 0.1) is 5.92 Å². The monoisotopic (exact) mass is 263 g/mol. The normalized spacial score (nSPS) is 15.4. The van der Waals surface area contributed by atoms with Crippen molar-refractivity contribution in [3.8, 4) is 5.75 Å². The molecule has 0 radical (unpaired) electrons. The smallest absolute Gasteiger partial charge is 0.340 e. The molecule has 2 N–H and O–H groups in total. The lowest BCUT2D eigenvalue weighted by Gasteiger charge is -2.13. The summed E-state index contributed by atoms with van der Waals surface area (Å²) < 4.78 is 10.7. The van der Waals surface area contributed by atoms with Crippen LogP contribution in [-0.4, -0.2) is 19.2 Å². The van der Waals surface area contributed by atoms with E-state index in [0.29, 0.717) is 36.1 Å². The lowest BCUT2D eigenvalue weighted by Crippen LogP contribution is -2.11. The molecule has 0 unspecified atom stereocenters. The van der Waals surface area contributed by atoms with Crippen LogP contribution in [0.5, 0.6) is 5.75 Å². The van der Waals surface area contributed by atoms with Crippen LogP contribution in [0.25, 0.3) is 0 Å². The number of ether oxygens (including phenoxy) is 2. The van der Waals surface area contributed by atoms with Crippen LogP contribution in [0.2, 0.25) is 0 Å². The van der Waals surface area contributed by atoms with E-state index in [9.17, 15) is 4.79 Å². The number of rotatable bonds is 5. The van der Waals surface area contributed by atoms with Gasteiger partial charge in [0.1, 0.15) is 5.75 Å². The Bertz CT molecular complexity index is 439. The van der Waals surface area contributed by atoms with Crippen molar-refractivity contribution >= 4 is 11.7 Å². The molecule has 2 rings (SSSR count). The number of nitrogens with two attached hydrogens (primary N) is 1. The van der Waals surface area contributed by atoms with Crippen LogP contribution in [-0.2, 0) is 4.74 Å². The Morgan fingerprint density at radius 1 is 1.37 bits per heavy atom. The Kier molecular flexibility index (Phi) is 4.66. The summed E-state index contributed by atoms with van der Waals surface area (Å²) in [5, 5.41) is 0. The van der Waals surface area contributed by atoms with Crippen molar-refractivity contribution in [3.63, 3.8) is 0 Å². The van der Waals surface area contributed by atoms with Crippen LogP contribution in [0.3, 0.4) is 0 Å². The summed E-state index contributed by atoms with van der Waals surface area (Å²) in [7, 11) is 0. The Morgan fingerprint density at radius 2 is 2.11 bits per heavy atom. The third-order valence-corrected chi connectivity index (χ3v) is 3.48. The molecular formula is C15H21NO3. The second-order valence-corrected chi connectivity index (χ2v) is 4.93. The fourth-order valence-electron chi connectivity index (χ4n) is 2.40. The van der Waals surface area contributed by atoms with Crippen LogP contribution in [0.15, 0.2) is 18.2 Å². The molecule has 0 bridgehead atoms. The molecule has 0 atom stereocenters. The van der Waals surface area contributed by atoms with Crippen molar-refractivity contribution < 1.29 is 14.3 Å². The zero-order valence-corrected chi connectivity index (χ0v) is 11.4. The summed E-state index contributed by atoms with van der Waals surface area (Å²) in [4.78, 5) is 11.7. The number of esters is 1. The summed E-state index contributed by atoms with van der Waals surface area (Å²) in [6.07, 6.45) is 5.06. The molecule has 0 aromatic heterocycles. The lowest BCUT2D eigenvalue weighted by atomic mass is 10.1. The maximum absolute atomic E-state index is 11.7. The van der Waals surface area contributed by atoms with Gasteiger partial charge < -0.3 is 15.2 Å². The van der Waals surface area contributed by atoms with Gasteiger partial charge in [-0.1, -0.05) is 12.8 Å². The summed E-state index contributed by atoms with van der Waals surface area (Å²) in [5.74, 6) is 0.930. The molecule has 0 saturated heterocycles. The largest absolute Gasteiger partial charge is 0.493 e. The molecule has 0 heterocycles. The summed E-state index contributed by atoms with van der Waals surface area (Å²) in [6.45, 7) is 2.83. The third kappa shape index (κ3) is 3.63. The SMILES string of the molecule is CCOC(=O)c1cc(OCC2CCCC2)ccc1N. The molecule has 1 fully saturated rings. The maximum Gasteiger partial charge on any atom is 0.340 e.